The summed E-state index contributed by atoms with van der Waals surface area (Å²) in [5.41, 5.74) is 1.54. The number of hydrogen-bond acceptors (Lipinski definition) is 5. The fourth-order valence-corrected chi connectivity index (χ4v) is 5.44. The third kappa shape index (κ3) is 2.21. The van der Waals surface area contributed by atoms with Crippen LogP contribution >= 0.6 is 0 Å². The van der Waals surface area contributed by atoms with Crippen LogP contribution in [0.15, 0.2) is 43.0 Å². The summed E-state index contributed by atoms with van der Waals surface area (Å²) in [7, 11) is 0. The van der Waals surface area contributed by atoms with E-state index >= 15 is 0 Å². The number of amides is 2. The Morgan fingerprint density at radius 3 is 2.58 bits per heavy atom. The molecule has 4 aliphatic rings. The minimum atomic E-state index is -1.63. The van der Waals surface area contributed by atoms with Gasteiger partial charge in [0, 0.05) is 28.8 Å². The van der Waals surface area contributed by atoms with Gasteiger partial charge in [-0.05, 0) is 37.1 Å². The molecule has 0 aromatic heterocycles. The molecule has 4 heterocycles. The Morgan fingerprint density at radius 2 is 1.81 bits per heavy atom. The predicted molar refractivity (Wildman–Crippen MR) is 111 cm³/mol. The zero-order valence-corrected chi connectivity index (χ0v) is 17.1. The predicted octanol–water partition coefficient (Wildman–Crippen LogP) is 2.28. The Bertz CT molecular complexity index is 1170. The van der Waals surface area contributed by atoms with Crippen molar-refractivity contribution in [3.05, 3.63) is 65.2 Å². The van der Waals surface area contributed by atoms with Crippen LogP contribution < -0.4 is 9.47 Å². The third-order valence-corrected chi connectivity index (χ3v) is 6.89. The molecule has 0 spiro atoms. The van der Waals surface area contributed by atoms with Gasteiger partial charge in [-0.1, -0.05) is 24.8 Å². The molecular formula is C24H22N2O5. The zero-order valence-electron chi connectivity index (χ0n) is 17.1. The smallest absolute Gasteiger partial charge is 0.257 e. The topological polar surface area (TPSA) is 79.3 Å². The molecule has 7 nitrogen and oxygen atoms in total. The summed E-state index contributed by atoms with van der Waals surface area (Å²) in [5.74, 6) is 0.710. The van der Waals surface area contributed by atoms with E-state index in [1.54, 1.807) is 36.1 Å². The average Bonchev–Trinajstić information content (AvgIpc) is 2.89. The summed E-state index contributed by atoms with van der Waals surface area (Å²) in [6, 6.07) is 9.31. The molecule has 4 aliphatic heterocycles. The molecule has 0 aliphatic carbocycles. The van der Waals surface area contributed by atoms with Crippen LogP contribution in [0.2, 0.25) is 0 Å². The highest BCUT2D eigenvalue weighted by Gasteiger charge is 2.63. The molecule has 6 rings (SSSR count). The van der Waals surface area contributed by atoms with Gasteiger partial charge in [-0.15, -0.1) is 0 Å². The first-order valence-corrected chi connectivity index (χ1v) is 10.5. The van der Waals surface area contributed by atoms with E-state index < -0.39 is 17.8 Å². The Labute approximate surface area is 179 Å². The lowest BCUT2D eigenvalue weighted by atomic mass is 9.80. The van der Waals surface area contributed by atoms with E-state index in [0.717, 1.165) is 17.5 Å². The molecular weight excluding hydrogens is 396 g/mol. The highest BCUT2D eigenvalue weighted by Crippen LogP contribution is 2.51. The summed E-state index contributed by atoms with van der Waals surface area (Å²) >= 11 is 0. The van der Waals surface area contributed by atoms with E-state index in [1.165, 1.54) is 4.90 Å². The summed E-state index contributed by atoms with van der Waals surface area (Å²) in [6.45, 7) is 7.00. The van der Waals surface area contributed by atoms with Gasteiger partial charge in [-0.2, -0.15) is 0 Å². The zero-order chi connectivity index (χ0) is 21.5. The fourth-order valence-electron chi connectivity index (χ4n) is 5.44. The Kier molecular flexibility index (Phi) is 3.63. The van der Waals surface area contributed by atoms with E-state index in [1.807, 2.05) is 12.1 Å². The van der Waals surface area contributed by atoms with Crippen molar-refractivity contribution in [3.8, 4) is 11.5 Å². The van der Waals surface area contributed by atoms with Gasteiger partial charge in [0.2, 0.25) is 5.91 Å². The lowest BCUT2D eigenvalue weighted by molar-refractivity contribution is -0.189. The SMILES string of the molecule is C=C1c2cc3c(cc2C[C@H]2N1C(=O)[C@@H](C)N1C(=O)c4ccccc4[C@@]21O)OCCCO3. The van der Waals surface area contributed by atoms with Gasteiger partial charge < -0.3 is 19.5 Å². The summed E-state index contributed by atoms with van der Waals surface area (Å²) < 4.78 is 11.7. The summed E-state index contributed by atoms with van der Waals surface area (Å²) in [5, 5.41) is 12.1. The van der Waals surface area contributed by atoms with E-state index in [2.05, 4.69) is 6.58 Å². The monoisotopic (exact) mass is 418 g/mol. The molecule has 1 N–H and O–H groups in total. The third-order valence-electron chi connectivity index (χ3n) is 6.89. The Balaban J connectivity index is 1.54. The maximum absolute atomic E-state index is 13.4. The van der Waals surface area contributed by atoms with Gasteiger partial charge >= 0.3 is 0 Å². The number of carbonyl (C=O) groups excluding carboxylic acids is 2. The number of rotatable bonds is 0. The molecule has 1 fully saturated rings. The standard InChI is InChI=1S/C24H22N2O5/c1-13-17-12-20-19(30-8-5-9-31-20)10-15(17)11-21-24(29)18-7-4-3-6-16(18)23(28)26(24)14(2)22(27)25(13)21/h3-4,6-7,10,12,14,21,29H,1,5,8-9,11H2,2H3/t14-,21-,24-/m1/s1. The van der Waals surface area contributed by atoms with Crippen LogP contribution in [0.5, 0.6) is 11.5 Å². The normalized spacial score (nSPS) is 28.5. The number of piperazine rings is 1. The second-order valence-electron chi connectivity index (χ2n) is 8.50. The van der Waals surface area contributed by atoms with Gasteiger partial charge in [-0.25, -0.2) is 0 Å². The van der Waals surface area contributed by atoms with Crippen molar-refractivity contribution in [2.24, 2.45) is 0 Å². The second-order valence-corrected chi connectivity index (χ2v) is 8.50. The number of benzene rings is 2. The molecule has 2 amide bonds. The minimum Gasteiger partial charge on any atom is -0.490 e. The Hall–Kier alpha value is -3.32. The number of carbonyl (C=O) groups is 2. The quantitative estimate of drug-likeness (QED) is 0.710. The van der Waals surface area contributed by atoms with Gasteiger partial charge in [0.1, 0.15) is 6.04 Å². The van der Waals surface area contributed by atoms with Crippen molar-refractivity contribution in [2.75, 3.05) is 13.2 Å². The first-order chi connectivity index (χ1) is 14.9. The van der Waals surface area contributed by atoms with E-state index in [9.17, 15) is 14.7 Å². The van der Waals surface area contributed by atoms with Gasteiger partial charge in [-0.3, -0.25) is 14.5 Å². The molecule has 1 saturated heterocycles. The van der Waals surface area contributed by atoms with E-state index in [0.29, 0.717) is 48.0 Å². The molecule has 7 heteroatoms. The lowest BCUT2D eigenvalue weighted by Crippen LogP contribution is -2.70. The van der Waals surface area contributed by atoms with Crippen molar-refractivity contribution in [1.82, 2.24) is 9.80 Å². The van der Waals surface area contributed by atoms with Crippen LogP contribution in [0.25, 0.3) is 5.70 Å². The average molecular weight is 418 g/mol. The van der Waals surface area contributed by atoms with Crippen LogP contribution in [0.1, 0.15) is 40.4 Å². The number of ether oxygens (including phenoxy) is 2. The first kappa shape index (κ1) is 18.4. The van der Waals surface area contributed by atoms with Crippen LogP contribution in [0, 0.1) is 0 Å². The fraction of sp³-hybridized carbons (Fsp3) is 0.333. The number of nitrogens with zero attached hydrogens (tertiary/aromatic N) is 2. The van der Waals surface area contributed by atoms with Crippen molar-refractivity contribution < 1.29 is 24.2 Å². The Morgan fingerprint density at radius 1 is 1.10 bits per heavy atom. The molecule has 2 aromatic rings. The first-order valence-electron chi connectivity index (χ1n) is 10.5. The number of fused-ring (bicyclic) bond motifs is 7. The van der Waals surface area contributed by atoms with Crippen LogP contribution in [0.3, 0.4) is 0 Å². The molecule has 0 bridgehead atoms. The minimum absolute atomic E-state index is 0.251. The highest BCUT2D eigenvalue weighted by molar-refractivity contribution is 6.05. The maximum atomic E-state index is 13.4. The number of aliphatic hydroxyl groups is 1. The van der Waals surface area contributed by atoms with Crippen LogP contribution in [-0.2, 0) is 16.9 Å². The molecule has 0 radical (unpaired) electrons. The van der Waals surface area contributed by atoms with Crippen molar-refractivity contribution in [3.63, 3.8) is 0 Å². The molecule has 0 saturated carbocycles. The number of hydrogen-bond donors (Lipinski definition) is 1. The van der Waals surface area contributed by atoms with Gasteiger partial charge in [0.25, 0.3) is 5.91 Å². The lowest BCUT2D eigenvalue weighted by Gasteiger charge is -2.54. The summed E-state index contributed by atoms with van der Waals surface area (Å²) in [6.07, 6.45) is 1.15. The maximum Gasteiger partial charge on any atom is 0.257 e. The second kappa shape index (κ2) is 6.11. The van der Waals surface area contributed by atoms with Crippen LogP contribution in [0.4, 0.5) is 0 Å². The van der Waals surface area contributed by atoms with Crippen LogP contribution in [-0.4, -0.2) is 52.0 Å². The van der Waals surface area contributed by atoms with Gasteiger partial charge in [0.15, 0.2) is 17.2 Å². The largest absolute Gasteiger partial charge is 0.490 e. The van der Waals surface area contributed by atoms with Crippen molar-refractivity contribution in [2.45, 2.75) is 37.6 Å². The van der Waals surface area contributed by atoms with Crippen molar-refractivity contribution in [1.29, 1.82) is 0 Å². The summed E-state index contributed by atoms with van der Waals surface area (Å²) in [4.78, 5) is 29.5. The van der Waals surface area contributed by atoms with Crippen molar-refractivity contribution >= 4 is 17.5 Å². The van der Waals surface area contributed by atoms with E-state index in [4.69, 9.17) is 9.47 Å². The molecule has 0 unspecified atom stereocenters. The van der Waals surface area contributed by atoms with E-state index in [-0.39, 0.29) is 11.8 Å². The molecule has 31 heavy (non-hydrogen) atoms. The van der Waals surface area contributed by atoms with Gasteiger partial charge in [0.05, 0.1) is 19.3 Å². The molecule has 2 aromatic carbocycles. The molecule has 3 atom stereocenters. The highest BCUT2D eigenvalue weighted by atomic mass is 16.5. The molecule has 158 valence electrons.